The zero-order valence-corrected chi connectivity index (χ0v) is 10.1. The fraction of sp³-hybridized carbons (Fsp3) is 0.167. The van der Waals surface area contributed by atoms with Crippen molar-refractivity contribution in [1.29, 1.82) is 0 Å². The fourth-order valence-corrected chi connectivity index (χ4v) is 1.94. The largest absolute Gasteiger partial charge is 0.494 e. The minimum absolute atomic E-state index is 0.000778. The highest BCUT2D eigenvalue weighted by molar-refractivity contribution is 5.87. The molecule has 7 heteroatoms. The van der Waals surface area contributed by atoms with Crippen LogP contribution in [0.25, 0.3) is 21.9 Å². The lowest BCUT2D eigenvalue weighted by Gasteiger charge is -2.02. The highest BCUT2D eigenvalue weighted by Gasteiger charge is 2.09. The van der Waals surface area contributed by atoms with Crippen molar-refractivity contribution in [1.82, 2.24) is 20.4 Å². The number of hydrogen-bond acceptors (Lipinski definition) is 5. The summed E-state index contributed by atoms with van der Waals surface area (Å²) in [4.78, 5) is 26.8. The number of aromatic amines is 2. The van der Waals surface area contributed by atoms with Gasteiger partial charge in [0.1, 0.15) is 11.3 Å². The number of nitrogens with zero attached hydrogens (tertiary/aromatic N) is 2. The summed E-state index contributed by atoms with van der Waals surface area (Å²) in [6.07, 6.45) is 0. The second-order valence-corrected chi connectivity index (χ2v) is 3.96. The molecule has 0 atom stereocenters. The van der Waals surface area contributed by atoms with Crippen molar-refractivity contribution in [3.8, 4) is 5.75 Å². The van der Waals surface area contributed by atoms with Gasteiger partial charge in [0.15, 0.2) is 5.52 Å². The average Bonchev–Trinajstić information content (AvgIpc) is 2.86. The zero-order chi connectivity index (χ0) is 13.4. The number of hydrogen-bond donors (Lipinski definition) is 2. The molecule has 0 saturated heterocycles. The van der Waals surface area contributed by atoms with Crippen LogP contribution in [0.5, 0.6) is 5.75 Å². The zero-order valence-electron chi connectivity index (χ0n) is 10.1. The Morgan fingerprint density at radius 3 is 2.95 bits per heavy atom. The van der Waals surface area contributed by atoms with Crippen LogP contribution in [0.15, 0.2) is 27.8 Å². The summed E-state index contributed by atoms with van der Waals surface area (Å²) in [5.74, 6) is 0.569. The quantitative estimate of drug-likeness (QED) is 0.699. The minimum Gasteiger partial charge on any atom is -0.494 e. The van der Waals surface area contributed by atoms with Gasteiger partial charge in [0.2, 0.25) is 5.43 Å². The summed E-state index contributed by atoms with van der Waals surface area (Å²) in [7, 11) is 0. The van der Waals surface area contributed by atoms with Crippen LogP contribution in [-0.4, -0.2) is 27.0 Å². The van der Waals surface area contributed by atoms with Crippen molar-refractivity contribution in [2.24, 2.45) is 0 Å². The van der Waals surface area contributed by atoms with Gasteiger partial charge >= 0.3 is 0 Å². The van der Waals surface area contributed by atoms with E-state index in [0.29, 0.717) is 23.3 Å². The molecule has 19 heavy (non-hydrogen) atoms. The number of nitrogens with one attached hydrogen (secondary N) is 2. The molecule has 0 saturated carbocycles. The first kappa shape index (κ1) is 11.4. The van der Waals surface area contributed by atoms with Crippen LogP contribution in [-0.2, 0) is 0 Å². The topological polar surface area (TPSA) is 101 Å². The van der Waals surface area contributed by atoms with Gasteiger partial charge in [-0.1, -0.05) is 5.21 Å². The summed E-state index contributed by atoms with van der Waals surface area (Å²) in [5.41, 5.74) is -0.274. The monoisotopic (exact) mass is 258 g/mol. The van der Waals surface area contributed by atoms with E-state index >= 15 is 0 Å². The van der Waals surface area contributed by atoms with Gasteiger partial charge in [-0.15, -0.1) is 5.10 Å². The standard InChI is InChI=1S/C12H10N4O3/c1-2-19-6-3-4-8-7(5-6)11(17)9-10(12(18)13-8)15-16-14-9/h3-5H,2H2,1H3,(H,13,18)(H,14,15,16). The van der Waals surface area contributed by atoms with Crippen molar-refractivity contribution >= 4 is 21.9 Å². The van der Waals surface area contributed by atoms with Gasteiger partial charge < -0.3 is 9.72 Å². The number of benzene rings is 1. The molecule has 0 unspecified atom stereocenters. The average molecular weight is 258 g/mol. The van der Waals surface area contributed by atoms with E-state index in [-0.39, 0.29) is 16.5 Å². The third-order valence-corrected chi connectivity index (χ3v) is 2.79. The Balaban J connectivity index is 2.51. The van der Waals surface area contributed by atoms with Crippen LogP contribution >= 0.6 is 0 Å². The smallest absolute Gasteiger partial charge is 0.278 e. The van der Waals surface area contributed by atoms with E-state index in [4.69, 9.17) is 4.74 Å². The Kier molecular flexibility index (Phi) is 2.52. The molecule has 0 fully saturated rings. The molecule has 2 aromatic heterocycles. The second-order valence-electron chi connectivity index (χ2n) is 3.96. The molecule has 0 aliphatic rings. The van der Waals surface area contributed by atoms with E-state index in [1.165, 1.54) is 0 Å². The molecule has 0 bridgehead atoms. The molecule has 0 aliphatic heterocycles. The molecule has 7 nitrogen and oxygen atoms in total. The van der Waals surface area contributed by atoms with Crippen LogP contribution < -0.4 is 15.7 Å². The van der Waals surface area contributed by atoms with Crippen molar-refractivity contribution in [2.75, 3.05) is 6.61 Å². The fourth-order valence-electron chi connectivity index (χ4n) is 1.94. The van der Waals surface area contributed by atoms with Gasteiger partial charge in [-0.25, -0.2) is 0 Å². The number of H-pyrrole nitrogens is 2. The van der Waals surface area contributed by atoms with Crippen LogP contribution in [0, 0.1) is 0 Å². The molecule has 0 spiro atoms. The maximum absolute atomic E-state index is 12.3. The van der Waals surface area contributed by atoms with Gasteiger partial charge in [0.05, 0.1) is 17.5 Å². The Morgan fingerprint density at radius 2 is 2.16 bits per heavy atom. The predicted octanol–water partition coefficient (Wildman–Crippen LogP) is 0.558. The SMILES string of the molecule is CCOc1ccc2[nH]c(=O)c3nn[nH]c3c(=O)c2c1. The molecular formula is C12H10N4O3. The van der Waals surface area contributed by atoms with E-state index in [9.17, 15) is 9.59 Å². The predicted molar refractivity (Wildman–Crippen MR) is 69.5 cm³/mol. The maximum Gasteiger partial charge on any atom is 0.278 e. The maximum atomic E-state index is 12.3. The highest BCUT2D eigenvalue weighted by atomic mass is 16.5. The summed E-state index contributed by atoms with van der Waals surface area (Å²) < 4.78 is 5.35. The molecule has 0 aliphatic carbocycles. The highest BCUT2D eigenvalue weighted by Crippen LogP contribution is 2.16. The minimum atomic E-state index is -0.458. The van der Waals surface area contributed by atoms with Crippen LogP contribution in [0.3, 0.4) is 0 Å². The van der Waals surface area contributed by atoms with Crippen molar-refractivity contribution in [3.05, 3.63) is 38.8 Å². The van der Waals surface area contributed by atoms with Gasteiger partial charge in [0.25, 0.3) is 5.56 Å². The Hall–Kier alpha value is -2.70. The van der Waals surface area contributed by atoms with Gasteiger partial charge in [-0.2, -0.15) is 0 Å². The van der Waals surface area contributed by atoms with Gasteiger partial charge in [-0.3, -0.25) is 14.7 Å². The molecule has 0 amide bonds. The van der Waals surface area contributed by atoms with Crippen molar-refractivity contribution < 1.29 is 4.74 Å². The molecule has 0 radical (unpaired) electrons. The first-order chi connectivity index (χ1) is 9.20. The lowest BCUT2D eigenvalue weighted by molar-refractivity contribution is 0.340. The second kappa shape index (κ2) is 4.20. The normalized spacial score (nSPS) is 11.0. The number of aromatic nitrogens is 4. The summed E-state index contributed by atoms with van der Waals surface area (Å²) >= 11 is 0. The van der Waals surface area contributed by atoms with Crippen molar-refractivity contribution in [2.45, 2.75) is 6.92 Å². The summed E-state index contributed by atoms with van der Waals surface area (Å²) in [6, 6.07) is 4.92. The number of ether oxygens (including phenoxy) is 1. The van der Waals surface area contributed by atoms with Crippen LogP contribution in [0.1, 0.15) is 6.92 Å². The van der Waals surface area contributed by atoms with E-state index < -0.39 is 5.56 Å². The van der Waals surface area contributed by atoms with E-state index in [0.717, 1.165) is 0 Å². The molecule has 3 aromatic rings. The molecule has 2 heterocycles. The number of rotatable bonds is 2. The van der Waals surface area contributed by atoms with Gasteiger partial charge in [0, 0.05) is 0 Å². The van der Waals surface area contributed by atoms with Gasteiger partial charge in [-0.05, 0) is 25.1 Å². The molecule has 1 aromatic carbocycles. The molecule has 96 valence electrons. The summed E-state index contributed by atoms with van der Waals surface area (Å²) in [5, 5.41) is 9.92. The van der Waals surface area contributed by atoms with Crippen molar-refractivity contribution in [3.63, 3.8) is 0 Å². The van der Waals surface area contributed by atoms with E-state index in [1.54, 1.807) is 18.2 Å². The van der Waals surface area contributed by atoms with Crippen LogP contribution in [0.4, 0.5) is 0 Å². The van der Waals surface area contributed by atoms with E-state index in [1.807, 2.05) is 6.92 Å². The third-order valence-electron chi connectivity index (χ3n) is 2.79. The van der Waals surface area contributed by atoms with E-state index in [2.05, 4.69) is 20.4 Å². The van der Waals surface area contributed by atoms with Crippen LogP contribution in [0.2, 0.25) is 0 Å². The molecule has 2 N–H and O–H groups in total. The third kappa shape index (κ3) is 1.75. The molecular weight excluding hydrogens is 248 g/mol. The first-order valence-corrected chi connectivity index (χ1v) is 5.74. The lowest BCUT2D eigenvalue weighted by atomic mass is 10.2. The Morgan fingerprint density at radius 1 is 1.32 bits per heavy atom. The summed E-state index contributed by atoms with van der Waals surface area (Å²) in [6.45, 7) is 2.35. The first-order valence-electron chi connectivity index (χ1n) is 5.74. The lowest BCUT2D eigenvalue weighted by Crippen LogP contribution is -2.02. The number of fused-ring (bicyclic) bond motifs is 2. The Labute approximate surface area is 106 Å². The molecule has 3 rings (SSSR count). The Bertz CT molecular complexity index is 881.